The Morgan fingerprint density at radius 3 is 2.79 bits per heavy atom. The van der Waals surface area contributed by atoms with Crippen molar-refractivity contribution in [1.29, 1.82) is 0 Å². The summed E-state index contributed by atoms with van der Waals surface area (Å²) in [5.41, 5.74) is 4.48. The number of esters is 1. The number of halogens is 1. The number of pyridine rings is 2. The molecular weight excluding hydrogens is 363 g/mol. The Morgan fingerprint density at radius 1 is 1.21 bits per heavy atom. The van der Waals surface area contributed by atoms with E-state index in [1.54, 1.807) is 23.6 Å². The highest BCUT2D eigenvalue weighted by Gasteiger charge is 2.31. The average Bonchev–Trinajstić information content (AvgIpc) is 2.94. The molecule has 0 saturated carbocycles. The van der Waals surface area contributed by atoms with Crippen LogP contribution in [0, 0.1) is 19.7 Å². The van der Waals surface area contributed by atoms with Gasteiger partial charge in [0.15, 0.2) is 0 Å². The highest BCUT2D eigenvalue weighted by atomic mass is 19.1. The molecule has 7 heteroatoms. The minimum Gasteiger partial charge on any atom is -0.460 e. The summed E-state index contributed by atoms with van der Waals surface area (Å²) >= 11 is 0. The van der Waals surface area contributed by atoms with Crippen molar-refractivity contribution in [3.05, 3.63) is 62.2 Å². The lowest BCUT2D eigenvalue weighted by Gasteiger charge is -2.13. The fourth-order valence-corrected chi connectivity index (χ4v) is 4.14. The van der Waals surface area contributed by atoms with Crippen LogP contribution in [0.2, 0.25) is 0 Å². The van der Waals surface area contributed by atoms with Crippen LogP contribution < -0.4 is 5.56 Å². The smallest absolute Gasteiger partial charge is 0.309 e. The summed E-state index contributed by atoms with van der Waals surface area (Å²) in [6.07, 6.45) is -1.30. The van der Waals surface area contributed by atoms with Crippen LogP contribution in [0.3, 0.4) is 0 Å². The van der Waals surface area contributed by atoms with Gasteiger partial charge in [-0.1, -0.05) is 0 Å². The van der Waals surface area contributed by atoms with Gasteiger partial charge in [-0.25, -0.2) is 9.37 Å². The zero-order valence-corrected chi connectivity index (χ0v) is 15.4. The van der Waals surface area contributed by atoms with Crippen molar-refractivity contribution in [3.63, 3.8) is 0 Å². The third-order valence-electron chi connectivity index (χ3n) is 5.74. The van der Waals surface area contributed by atoms with Crippen LogP contribution in [-0.4, -0.2) is 20.6 Å². The average molecular weight is 380 g/mol. The molecule has 6 nitrogen and oxygen atoms in total. The molecule has 1 atom stereocenters. The number of hydrogen-bond acceptors (Lipinski definition) is 5. The molecule has 1 N–H and O–H groups in total. The van der Waals surface area contributed by atoms with Crippen molar-refractivity contribution in [2.75, 3.05) is 0 Å². The van der Waals surface area contributed by atoms with Crippen LogP contribution >= 0.6 is 0 Å². The van der Waals surface area contributed by atoms with Crippen molar-refractivity contribution in [2.45, 2.75) is 39.5 Å². The van der Waals surface area contributed by atoms with Crippen LogP contribution in [-0.2, 0) is 22.7 Å². The Bertz CT molecular complexity index is 1260. The lowest BCUT2D eigenvalue weighted by molar-refractivity contribution is -0.146. The maximum Gasteiger partial charge on any atom is 0.309 e. The van der Waals surface area contributed by atoms with Gasteiger partial charge >= 0.3 is 5.97 Å². The summed E-state index contributed by atoms with van der Waals surface area (Å²) in [7, 11) is 0. The maximum absolute atomic E-state index is 14.1. The molecule has 0 saturated heterocycles. The molecule has 28 heavy (non-hydrogen) atoms. The first kappa shape index (κ1) is 17.1. The number of fused-ring (bicyclic) bond motifs is 5. The first-order valence-corrected chi connectivity index (χ1v) is 9.05. The Labute approximate surface area is 159 Å². The highest BCUT2D eigenvalue weighted by molar-refractivity contribution is 5.88. The van der Waals surface area contributed by atoms with Crippen molar-refractivity contribution >= 4 is 16.9 Å². The number of aromatic nitrogens is 2. The molecule has 5 rings (SSSR count). The summed E-state index contributed by atoms with van der Waals surface area (Å²) in [6, 6.07) is 4.89. The SMILES string of the molecule is Cc1cc2c(C)c3c(nc2cc1F)-c1cc2c(c(=O)n1C3)COC(=O)CC2O. The van der Waals surface area contributed by atoms with Crippen molar-refractivity contribution in [3.8, 4) is 11.4 Å². The molecule has 3 aromatic rings. The standard InChI is InChI=1S/C21H17FN2O4/c1-9-3-11-10(2)13-7-24-17(20(13)23-16(11)5-15(9)22)4-12-14(21(24)27)8-28-19(26)6-18(12)25/h3-5,18,25H,6-8H2,1-2H3. The first-order chi connectivity index (χ1) is 13.3. The molecule has 142 valence electrons. The van der Waals surface area contributed by atoms with Crippen molar-refractivity contribution in [1.82, 2.24) is 9.55 Å². The van der Waals surface area contributed by atoms with Crippen LogP contribution in [0.4, 0.5) is 4.39 Å². The van der Waals surface area contributed by atoms with Gasteiger partial charge in [0.05, 0.1) is 41.5 Å². The predicted octanol–water partition coefficient (Wildman–Crippen LogP) is 2.66. The van der Waals surface area contributed by atoms with Gasteiger partial charge < -0.3 is 14.4 Å². The highest BCUT2D eigenvalue weighted by Crippen LogP contribution is 2.37. The topological polar surface area (TPSA) is 81.4 Å². The van der Waals surface area contributed by atoms with E-state index < -0.39 is 12.1 Å². The zero-order chi connectivity index (χ0) is 19.7. The lowest BCUT2D eigenvalue weighted by atomic mass is 9.99. The second-order valence-electron chi connectivity index (χ2n) is 7.42. The van der Waals surface area contributed by atoms with E-state index in [0.717, 1.165) is 16.5 Å². The van der Waals surface area contributed by atoms with E-state index in [9.17, 15) is 19.1 Å². The fraction of sp³-hybridized carbons (Fsp3) is 0.286. The number of benzene rings is 1. The van der Waals surface area contributed by atoms with Gasteiger partial charge in [-0.05, 0) is 42.7 Å². The molecule has 0 bridgehead atoms. The second-order valence-corrected chi connectivity index (χ2v) is 7.42. The summed E-state index contributed by atoms with van der Waals surface area (Å²) in [5.74, 6) is -0.873. The van der Waals surface area contributed by atoms with E-state index in [1.807, 2.05) is 6.92 Å². The number of hydrogen-bond donors (Lipinski definition) is 1. The summed E-state index contributed by atoms with van der Waals surface area (Å²) in [6.45, 7) is 3.84. The second kappa shape index (κ2) is 5.72. The molecular formula is C21H17FN2O4. The fourth-order valence-electron chi connectivity index (χ4n) is 4.14. The van der Waals surface area contributed by atoms with Crippen LogP contribution in [0.25, 0.3) is 22.3 Å². The molecule has 1 unspecified atom stereocenters. The lowest BCUT2D eigenvalue weighted by Crippen LogP contribution is -2.25. The van der Waals surface area contributed by atoms with Crippen LogP contribution in [0.15, 0.2) is 23.0 Å². The van der Waals surface area contributed by atoms with Gasteiger partial charge in [-0.2, -0.15) is 0 Å². The molecule has 2 aliphatic rings. The van der Waals surface area contributed by atoms with Gasteiger partial charge in [0.25, 0.3) is 5.56 Å². The molecule has 2 aromatic heterocycles. The number of aliphatic hydroxyl groups excluding tert-OH is 1. The number of ether oxygens (including phenoxy) is 1. The van der Waals surface area contributed by atoms with Gasteiger partial charge in [0.2, 0.25) is 0 Å². The van der Waals surface area contributed by atoms with E-state index in [-0.39, 0.29) is 24.4 Å². The van der Waals surface area contributed by atoms with Crippen LogP contribution in [0.5, 0.6) is 0 Å². The normalized spacial score (nSPS) is 17.7. The summed E-state index contributed by atoms with van der Waals surface area (Å²) in [4.78, 5) is 29.3. The van der Waals surface area contributed by atoms with Gasteiger partial charge in [-0.15, -0.1) is 0 Å². The number of carbonyl (C=O) groups excluding carboxylic acids is 1. The van der Waals surface area contributed by atoms with E-state index >= 15 is 0 Å². The number of aryl methyl sites for hydroxylation is 2. The van der Waals surface area contributed by atoms with E-state index in [2.05, 4.69) is 4.98 Å². The largest absolute Gasteiger partial charge is 0.460 e. The molecule has 0 amide bonds. The summed E-state index contributed by atoms with van der Waals surface area (Å²) < 4.78 is 20.7. The number of carbonyl (C=O) groups is 1. The molecule has 0 spiro atoms. The maximum atomic E-state index is 14.1. The van der Waals surface area contributed by atoms with Gasteiger partial charge in [-0.3, -0.25) is 9.59 Å². The third kappa shape index (κ3) is 2.26. The van der Waals surface area contributed by atoms with E-state index in [0.29, 0.717) is 40.1 Å². The predicted molar refractivity (Wildman–Crippen MR) is 99.3 cm³/mol. The third-order valence-corrected chi connectivity index (χ3v) is 5.74. The van der Waals surface area contributed by atoms with Crippen LogP contribution in [0.1, 0.15) is 40.3 Å². The quantitative estimate of drug-likeness (QED) is 0.475. The Morgan fingerprint density at radius 2 is 2.00 bits per heavy atom. The molecule has 0 fully saturated rings. The minimum absolute atomic E-state index is 0.153. The zero-order valence-electron chi connectivity index (χ0n) is 15.4. The van der Waals surface area contributed by atoms with E-state index in [1.165, 1.54) is 6.07 Å². The number of nitrogens with zero attached hydrogens (tertiary/aromatic N) is 2. The molecule has 0 aliphatic carbocycles. The molecule has 2 aliphatic heterocycles. The number of rotatable bonds is 0. The number of aliphatic hydroxyl groups is 1. The summed E-state index contributed by atoms with van der Waals surface area (Å²) in [5, 5.41) is 11.2. The first-order valence-electron chi connectivity index (χ1n) is 9.05. The van der Waals surface area contributed by atoms with E-state index in [4.69, 9.17) is 4.74 Å². The molecule has 1 aromatic carbocycles. The van der Waals surface area contributed by atoms with Crippen molar-refractivity contribution in [2.24, 2.45) is 0 Å². The van der Waals surface area contributed by atoms with Crippen molar-refractivity contribution < 1.29 is 19.0 Å². The Kier molecular flexibility index (Phi) is 3.49. The van der Waals surface area contributed by atoms with Gasteiger partial charge in [0, 0.05) is 17.0 Å². The Hall–Kier alpha value is -3.06. The monoisotopic (exact) mass is 380 g/mol. The Balaban J connectivity index is 1.79. The van der Waals surface area contributed by atoms with Gasteiger partial charge in [0.1, 0.15) is 12.4 Å². The minimum atomic E-state index is -1.10. The molecule has 4 heterocycles. The number of cyclic esters (lactones) is 1. The molecule has 0 radical (unpaired) electrons.